The first-order valence-electron chi connectivity index (χ1n) is 7.85. The van der Waals surface area contributed by atoms with E-state index in [0.29, 0.717) is 5.56 Å². The largest absolute Gasteiger partial charge is 0.483 e. The molecule has 26 heavy (non-hydrogen) atoms. The van der Waals surface area contributed by atoms with E-state index in [0.717, 1.165) is 32.1 Å². The highest BCUT2D eigenvalue weighted by Gasteiger charge is 2.35. The number of pyridine rings is 1. The topological polar surface area (TPSA) is 100 Å². The summed E-state index contributed by atoms with van der Waals surface area (Å²) in [6.45, 7) is 1.44. The average Bonchev–Trinajstić information content (AvgIpc) is 2.63. The summed E-state index contributed by atoms with van der Waals surface area (Å²) in [5.74, 6) is 0.200. The van der Waals surface area contributed by atoms with Crippen LogP contribution in [0.25, 0.3) is 11.3 Å². The van der Waals surface area contributed by atoms with E-state index in [-0.39, 0.29) is 24.2 Å². The number of anilines is 1. The fourth-order valence-electron chi connectivity index (χ4n) is 2.54. The lowest BCUT2D eigenvalue weighted by atomic mass is 10.1. The van der Waals surface area contributed by atoms with Crippen LogP contribution in [0.15, 0.2) is 30.7 Å². The molecule has 0 saturated carbocycles. The summed E-state index contributed by atoms with van der Waals surface area (Å²) in [6, 6.07) is 3.24. The lowest BCUT2D eigenvalue weighted by Crippen LogP contribution is -2.38. The number of hydrogen-bond acceptors (Lipinski definition) is 6. The van der Waals surface area contributed by atoms with Gasteiger partial charge < -0.3 is 15.7 Å². The first kappa shape index (κ1) is 19.6. The molecule has 1 aliphatic rings. The predicted octanol–water partition coefficient (Wildman–Crippen LogP) is 2.42. The Labute approximate surface area is 147 Å². The number of rotatable bonds is 3. The maximum Gasteiger partial charge on any atom is 0.419 e. The molecule has 0 unspecified atom stereocenters. The second-order valence-electron chi connectivity index (χ2n) is 5.49. The Morgan fingerprint density at radius 2 is 2.12 bits per heavy atom. The van der Waals surface area contributed by atoms with Crippen LogP contribution >= 0.6 is 0 Å². The van der Waals surface area contributed by atoms with E-state index >= 15 is 0 Å². The number of nitrogens with one attached hydrogen (secondary N) is 2. The van der Waals surface area contributed by atoms with Crippen LogP contribution in [0.1, 0.15) is 18.4 Å². The van der Waals surface area contributed by atoms with Gasteiger partial charge in [0.2, 0.25) is 5.95 Å². The molecule has 3 heterocycles. The van der Waals surface area contributed by atoms with Gasteiger partial charge >= 0.3 is 6.18 Å². The van der Waals surface area contributed by atoms with Gasteiger partial charge in [0.05, 0.1) is 5.69 Å². The lowest BCUT2D eigenvalue weighted by molar-refractivity contribution is -0.137. The molecule has 0 bridgehead atoms. The predicted molar refractivity (Wildman–Crippen MR) is 88.5 cm³/mol. The quantitative estimate of drug-likeness (QED) is 0.715. The summed E-state index contributed by atoms with van der Waals surface area (Å²) in [6.07, 6.45) is 1.12. The van der Waals surface area contributed by atoms with Crippen LogP contribution in [-0.4, -0.2) is 45.7 Å². The molecule has 1 atom stereocenters. The highest BCUT2D eigenvalue weighted by atomic mass is 19.4. The van der Waals surface area contributed by atoms with E-state index in [1.165, 1.54) is 12.4 Å². The molecule has 0 aliphatic carbocycles. The summed E-state index contributed by atoms with van der Waals surface area (Å²) < 4.78 is 39.6. The first-order chi connectivity index (χ1) is 12.5. The molecular formula is C16H18F3N5O2. The molecule has 1 saturated heterocycles. The van der Waals surface area contributed by atoms with Gasteiger partial charge in [-0.1, -0.05) is 0 Å². The van der Waals surface area contributed by atoms with Crippen molar-refractivity contribution < 1.29 is 23.1 Å². The Balaban J connectivity index is 0.000000758. The number of piperidine rings is 1. The van der Waals surface area contributed by atoms with Gasteiger partial charge in [-0.3, -0.25) is 9.78 Å². The van der Waals surface area contributed by atoms with Crippen LogP contribution in [-0.2, 0) is 11.0 Å². The Morgan fingerprint density at radius 3 is 2.69 bits per heavy atom. The van der Waals surface area contributed by atoms with Gasteiger partial charge in [0.15, 0.2) is 0 Å². The molecule has 10 heteroatoms. The Bertz CT molecular complexity index is 707. The van der Waals surface area contributed by atoms with Crippen LogP contribution in [0.2, 0.25) is 0 Å². The number of alkyl halides is 3. The third-order valence-corrected chi connectivity index (χ3v) is 3.66. The zero-order chi connectivity index (χ0) is 19.0. The Morgan fingerprint density at radius 1 is 1.35 bits per heavy atom. The van der Waals surface area contributed by atoms with Crippen molar-refractivity contribution in [2.75, 3.05) is 18.4 Å². The molecule has 2 aromatic heterocycles. The standard InChI is InChI=1S/C15H16F3N5.CH2O2/c16-15(17,18)12-9-21-14(22-11-4-2-6-20-8-11)23-13(12)10-3-1-5-19-7-10;2-1-3/h1,3,5,7,9,11,20H,2,4,6,8H2,(H,21,22,23);1H,(H,2,3)/t11-;/m0./s1. The van der Waals surface area contributed by atoms with Crippen molar-refractivity contribution in [3.05, 3.63) is 36.3 Å². The van der Waals surface area contributed by atoms with Gasteiger partial charge in [0.25, 0.3) is 6.47 Å². The van der Waals surface area contributed by atoms with E-state index in [9.17, 15) is 13.2 Å². The minimum absolute atomic E-state index is 0.113. The van der Waals surface area contributed by atoms with Crippen LogP contribution in [0.4, 0.5) is 19.1 Å². The number of nitrogens with zero attached hydrogens (tertiary/aromatic N) is 3. The SMILES string of the molecule is FC(F)(F)c1cnc(N[C@H]2CCCNC2)nc1-c1cccnc1.O=CO. The first-order valence-corrected chi connectivity index (χ1v) is 7.85. The Hall–Kier alpha value is -2.75. The summed E-state index contributed by atoms with van der Waals surface area (Å²) in [5, 5.41) is 13.2. The fourth-order valence-corrected chi connectivity index (χ4v) is 2.54. The average molecular weight is 369 g/mol. The van der Waals surface area contributed by atoms with Crippen molar-refractivity contribution in [3.8, 4) is 11.3 Å². The van der Waals surface area contributed by atoms with Crippen molar-refractivity contribution in [3.63, 3.8) is 0 Å². The van der Waals surface area contributed by atoms with Gasteiger partial charge in [-0.25, -0.2) is 9.97 Å². The van der Waals surface area contributed by atoms with Crippen LogP contribution in [0.3, 0.4) is 0 Å². The lowest BCUT2D eigenvalue weighted by Gasteiger charge is -2.24. The maximum absolute atomic E-state index is 13.2. The molecule has 0 spiro atoms. The summed E-state index contributed by atoms with van der Waals surface area (Å²) in [4.78, 5) is 20.2. The van der Waals surface area contributed by atoms with E-state index in [1.54, 1.807) is 12.1 Å². The molecule has 3 rings (SSSR count). The second-order valence-corrected chi connectivity index (χ2v) is 5.49. The van der Waals surface area contributed by atoms with Crippen LogP contribution < -0.4 is 10.6 Å². The fraction of sp³-hybridized carbons (Fsp3) is 0.375. The van der Waals surface area contributed by atoms with Crippen molar-refractivity contribution in [1.82, 2.24) is 20.3 Å². The van der Waals surface area contributed by atoms with Crippen LogP contribution in [0, 0.1) is 0 Å². The van der Waals surface area contributed by atoms with E-state index in [2.05, 4.69) is 25.6 Å². The van der Waals surface area contributed by atoms with Crippen LogP contribution in [0.5, 0.6) is 0 Å². The third-order valence-electron chi connectivity index (χ3n) is 3.66. The highest BCUT2D eigenvalue weighted by Crippen LogP contribution is 2.35. The molecule has 3 N–H and O–H groups in total. The zero-order valence-electron chi connectivity index (χ0n) is 13.7. The summed E-state index contributed by atoms with van der Waals surface area (Å²) in [7, 11) is 0. The summed E-state index contributed by atoms with van der Waals surface area (Å²) >= 11 is 0. The van der Waals surface area contributed by atoms with E-state index < -0.39 is 11.7 Å². The molecule has 0 aromatic carbocycles. The molecule has 0 radical (unpaired) electrons. The highest BCUT2D eigenvalue weighted by molar-refractivity contribution is 5.63. The molecule has 0 amide bonds. The van der Waals surface area contributed by atoms with E-state index in [1.807, 2.05) is 0 Å². The molecule has 1 aliphatic heterocycles. The molecule has 140 valence electrons. The number of hydrogen-bond donors (Lipinski definition) is 3. The van der Waals surface area contributed by atoms with Gasteiger partial charge in [-0.2, -0.15) is 13.2 Å². The maximum atomic E-state index is 13.2. The zero-order valence-corrected chi connectivity index (χ0v) is 13.7. The molecule has 1 fully saturated rings. The minimum atomic E-state index is -4.52. The number of carbonyl (C=O) groups is 1. The Kier molecular flexibility index (Phi) is 6.84. The summed E-state index contributed by atoms with van der Waals surface area (Å²) in [5.41, 5.74) is -0.711. The van der Waals surface area contributed by atoms with Crippen molar-refractivity contribution in [2.24, 2.45) is 0 Å². The number of aromatic nitrogens is 3. The van der Waals surface area contributed by atoms with Crippen molar-refractivity contribution in [2.45, 2.75) is 25.1 Å². The molecule has 2 aromatic rings. The normalized spacial score (nSPS) is 17.0. The van der Waals surface area contributed by atoms with Crippen molar-refractivity contribution >= 4 is 12.4 Å². The smallest absolute Gasteiger partial charge is 0.419 e. The van der Waals surface area contributed by atoms with Gasteiger partial charge in [0.1, 0.15) is 5.56 Å². The van der Waals surface area contributed by atoms with Crippen molar-refractivity contribution in [1.29, 1.82) is 0 Å². The molecular weight excluding hydrogens is 351 g/mol. The van der Waals surface area contributed by atoms with Gasteiger partial charge in [-0.05, 0) is 31.5 Å². The second kappa shape index (κ2) is 9.09. The van der Waals surface area contributed by atoms with Gasteiger partial charge in [0, 0.05) is 36.7 Å². The molecule has 7 nitrogen and oxygen atoms in total. The van der Waals surface area contributed by atoms with Gasteiger partial charge in [-0.15, -0.1) is 0 Å². The van der Waals surface area contributed by atoms with E-state index in [4.69, 9.17) is 9.90 Å². The number of carboxylic acid groups (broad SMARTS) is 1. The minimum Gasteiger partial charge on any atom is -0.483 e. The third kappa shape index (κ3) is 5.38. The monoisotopic (exact) mass is 369 g/mol. The number of halogens is 3.